The molecule has 0 aliphatic heterocycles. The van der Waals surface area contributed by atoms with Gasteiger partial charge in [-0.3, -0.25) is 0 Å². The van der Waals surface area contributed by atoms with Crippen LogP contribution in [-0.2, 0) is 0 Å². The van der Waals surface area contributed by atoms with Gasteiger partial charge in [-0.15, -0.1) is 0 Å². The van der Waals surface area contributed by atoms with Crippen molar-refractivity contribution in [3.8, 4) is 17.6 Å². The normalized spacial score (nSPS) is 11.2. The summed E-state index contributed by atoms with van der Waals surface area (Å²) in [5, 5.41) is 9.32. The maximum Gasteiger partial charge on any atom is 0.161 e. The first-order valence-electron chi connectivity index (χ1n) is 7.26. The number of methoxy groups -OCH3 is 1. The SMILES string of the molecule is COc1cc(C=C(C#N)c2ccccc2F)ccc1OC(C)C. The van der Waals surface area contributed by atoms with Crippen LogP contribution in [0.25, 0.3) is 11.6 Å². The molecule has 3 nitrogen and oxygen atoms in total. The highest BCUT2D eigenvalue weighted by Gasteiger charge is 2.10. The molecule has 0 spiro atoms. The molecule has 0 bridgehead atoms. The largest absolute Gasteiger partial charge is 0.493 e. The molecule has 4 heteroatoms. The Kier molecular flexibility index (Phi) is 5.37. The van der Waals surface area contributed by atoms with Crippen molar-refractivity contribution in [1.82, 2.24) is 0 Å². The summed E-state index contributed by atoms with van der Waals surface area (Å²) in [5.74, 6) is 0.773. The number of benzene rings is 2. The highest BCUT2D eigenvalue weighted by molar-refractivity contribution is 5.90. The second kappa shape index (κ2) is 7.46. The molecule has 0 radical (unpaired) electrons. The second-order valence-electron chi connectivity index (χ2n) is 5.23. The predicted octanol–water partition coefficient (Wildman–Crippen LogP) is 4.69. The van der Waals surface area contributed by atoms with E-state index in [0.717, 1.165) is 5.56 Å². The first kappa shape index (κ1) is 16.6. The maximum atomic E-state index is 13.8. The van der Waals surface area contributed by atoms with Gasteiger partial charge in [0.05, 0.1) is 24.9 Å². The van der Waals surface area contributed by atoms with E-state index in [-0.39, 0.29) is 17.2 Å². The quantitative estimate of drug-likeness (QED) is 0.594. The number of hydrogen-bond donors (Lipinski definition) is 0. The molecule has 2 rings (SSSR count). The zero-order chi connectivity index (χ0) is 16.8. The van der Waals surface area contributed by atoms with Gasteiger partial charge in [0, 0.05) is 5.56 Å². The van der Waals surface area contributed by atoms with Crippen LogP contribution in [0.1, 0.15) is 25.0 Å². The smallest absolute Gasteiger partial charge is 0.161 e. The first-order valence-corrected chi connectivity index (χ1v) is 7.26. The van der Waals surface area contributed by atoms with Crippen LogP contribution in [0.15, 0.2) is 42.5 Å². The van der Waals surface area contributed by atoms with Gasteiger partial charge in [-0.2, -0.15) is 5.26 Å². The van der Waals surface area contributed by atoms with Gasteiger partial charge in [0.25, 0.3) is 0 Å². The fraction of sp³-hybridized carbons (Fsp3) is 0.211. The lowest BCUT2D eigenvalue weighted by Crippen LogP contribution is -2.06. The van der Waals surface area contributed by atoms with Gasteiger partial charge >= 0.3 is 0 Å². The summed E-state index contributed by atoms with van der Waals surface area (Å²) < 4.78 is 24.8. The molecule has 0 N–H and O–H groups in total. The highest BCUT2D eigenvalue weighted by atomic mass is 19.1. The molecule has 0 atom stereocenters. The molecule has 0 fully saturated rings. The van der Waals surface area contributed by atoms with E-state index in [1.807, 2.05) is 19.9 Å². The third kappa shape index (κ3) is 4.10. The van der Waals surface area contributed by atoms with Crippen molar-refractivity contribution in [2.75, 3.05) is 7.11 Å². The predicted molar refractivity (Wildman–Crippen MR) is 88.6 cm³/mol. The summed E-state index contributed by atoms with van der Waals surface area (Å²) in [6.07, 6.45) is 1.65. The Morgan fingerprint density at radius 1 is 1.17 bits per heavy atom. The topological polar surface area (TPSA) is 42.2 Å². The lowest BCUT2D eigenvalue weighted by Gasteiger charge is -2.14. The minimum atomic E-state index is -0.424. The second-order valence-corrected chi connectivity index (χ2v) is 5.23. The summed E-state index contributed by atoms with van der Waals surface area (Å²) >= 11 is 0. The number of ether oxygens (including phenoxy) is 2. The Bertz CT molecular complexity index is 760. The molecule has 0 aliphatic carbocycles. The minimum absolute atomic E-state index is 0.0263. The molecule has 0 saturated carbocycles. The van der Waals surface area contributed by atoms with E-state index in [4.69, 9.17) is 9.47 Å². The van der Waals surface area contributed by atoms with Gasteiger partial charge in [-0.25, -0.2) is 4.39 Å². The molecule has 2 aromatic rings. The Morgan fingerprint density at radius 2 is 1.91 bits per heavy atom. The van der Waals surface area contributed by atoms with Crippen molar-refractivity contribution >= 4 is 11.6 Å². The number of rotatable bonds is 5. The summed E-state index contributed by atoms with van der Waals surface area (Å²) in [4.78, 5) is 0. The molecule has 0 unspecified atom stereocenters. The van der Waals surface area contributed by atoms with Crippen molar-refractivity contribution in [2.24, 2.45) is 0 Å². The minimum Gasteiger partial charge on any atom is -0.493 e. The third-order valence-corrected chi connectivity index (χ3v) is 3.15. The van der Waals surface area contributed by atoms with Crippen LogP contribution in [0.3, 0.4) is 0 Å². The monoisotopic (exact) mass is 311 g/mol. The zero-order valence-electron chi connectivity index (χ0n) is 13.3. The van der Waals surface area contributed by atoms with E-state index < -0.39 is 5.82 Å². The van der Waals surface area contributed by atoms with Gasteiger partial charge < -0.3 is 9.47 Å². The van der Waals surface area contributed by atoms with E-state index in [9.17, 15) is 9.65 Å². The first-order chi connectivity index (χ1) is 11.0. The van der Waals surface area contributed by atoms with Crippen LogP contribution < -0.4 is 9.47 Å². The number of nitrogens with zero attached hydrogens (tertiary/aromatic N) is 1. The molecule has 0 aliphatic rings. The van der Waals surface area contributed by atoms with Crippen molar-refractivity contribution in [1.29, 1.82) is 5.26 Å². The van der Waals surface area contributed by atoms with Crippen molar-refractivity contribution in [3.63, 3.8) is 0 Å². The van der Waals surface area contributed by atoms with E-state index in [0.29, 0.717) is 11.5 Å². The van der Waals surface area contributed by atoms with Crippen LogP contribution in [0.4, 0.5) is 4.39 Å². The fourth-order valence-corrected chi connectivity index (χ4v) is 2.14. The average Bonchev–Trinajstić information content (AvgIpc) is 2.54. The molecule has 0 heterocycles. The molecule has 0 saturated heterocycles. The van der Waals surface area contributed by atoms with Crippen molar-refractivity contribution < 1.29 is 13.9 Å². The average molecular weight is 311 g/mol. The fourth-order valence-electron chi connectivity index (χ4n) is 2.14. The Hall–Kier alpha value is -2.80. The number of nitriles is 1. The molecule has 2 aromatic carbocycles. The molecule has 0 aromatic heterocycles. The van der Waals surface area contributed by atoms with Gasteiger partial charge in [0.2, 0.25) is 0 Å². The van der Waals surface area contributed by atoms with Gasteiger partial charge in [0.1, 0.15) is 5.82 Å². The Balaban J connectivity index is 2.41. The van der Waals surface area contributed by atoms with Crippen LogP contribution in [0.5, 0.6) is 11.5 Å². The molecule has 118 valence electrons. The number of halogens is 1. The van der Waals surface area contributed by atoms with E-state index >= 15 is 0 Å². The van der Waals surface area contributed by atoms with E-state index in [1.165, 1.54) is 6.07 Å². The molecular weight excluding hydrogens is 293 g/mol. The summed E-state index contributed by atoms with van der Waals surface area (Å²) in [5.41, 5.74) is 1.26. The third-order valence-electron chi connectivity index (χ3n) is 3.15. The van der Waals surface area contributed by atoms with Gasteiger partial charge in [-0.1, -0.05) is 24.3 Å². The van der Waals surface area contributed by atoms with Crippen molar-refractivity contribution in [2.45, 2.75) is 20.0 Å². The standard InChI is InChI=1S/C19H18FNO2/c1-13(2)23-18-9-8-14(11-19(18)22-3)10-15(12-21)16-6-4-5-7-17(16)20/h4-11,13H,1-3H3. The summed E-state index contributed by atoms with van der Waals surface area (Å²) in [6, 6.07) is 13.6. The van der Waals surface area contributed by atoms with Gasteiger partial charge in [0.15, 0.2) is 11.5 Å². The summed E-state index contributed by atoms with van der Waals surface area (Å²) in [7, 11) is 1.55. The highest BCUT2D eigenvalue weighted by Crippen LogP contribution is 2.30. The van der Waals surface area contributed by atoms with Crippen LogP contribution >= 0.6 is 0 Å². The lowest BCUT2D eigenvalue weighted by atomic mass is 10.0. The molecular formula is C19H18FNO2. The number of hydrogen-bond acceptors (Lipinski definition) is 3. The van der Waals surface area contributed by atoms with Crippen LogP contribution in [-0.4, -0.2) is 13.2 Å². The number of allylic oxidation sites excluding steroid dienone is 1. The Morgan fingerprint density at radius 3 is 2.52 bits per heavy atom. The summed E-state index contributed by atoms with van der Waals surface area (Å²) in [6.45, 7) is 3.86. The van der Waals surface area contributed by atoms with Crippen LogP contribution in [0.2, 0.25) is 0 Å². The van der Waals surface area contributed by atoms with Crippen LogP contribution in [0, 0.1) is 17.1 Å². The lowest BCUT2D eigenvalue weighted by molar-refractivity contribution is 0.230. The molecule has 0 amide bonds. The Labute approximate surface area is 135 Å². The zero-order valence-corrected chi connectivity index (χ0v) is 13.3. The van der Waals surface area contributed by atoms with E-state index in [1.54, 1.807) is 49.6 Å². The maximum absolute atomic E-state index is 13.8. The van der Waals surface area contributed by atoms with Crippen molar-refractivity contribution in [3.05, 3.63) is 59.4 Å². The van der Waals surface area contributed by atoms with Gasteiger partial charge in [-0.05, 0) is 43.7 Å². The molecule has 23 heavy (non-hydrogen) atoms. The van der Waals surface area contributed by atoms with E-state index in [2.05, 4.69) is 0 Å².